The van der Waals surface area contributed by atoms with Crippen molar-refractivity contribution in [3.8, 4) is 0 Å². The summed E-state index contributed by atoms with van der Waals surface area (Å²) in [6.45, 7) is 1.74. The third kappa shape index (κ3) is 22.7. The second-order valence-corrected chi connectivity index (χ2v) is 3.16. The van der Waals surface area contributed by atoms with Gasteiger partial charge in [0.25, 0.3) is 0 Å². The first kappa shape index (κ1) is 23.6. The van der Waals surface area contributed by atoms with E-state index in [4.69, 9.17) is 9.79 Å². The topological polar surface area (TPSA) is 57.5 Å². The van der Waals surface area contributed by atoms with Crippen LogP contribution in [0.2, 0.25) is 0 Å². The second-order valence-electron chi connectivity index (χ2n) is 1.39. The Morgan fingerprint density at radius 2 is 1.50 bits per heavy atom. The van der Waals surface area contributed by atoms with Crippen molar-refractivity contribution < 1.29 is 14.4 Å². The van der Waals surface area contributed by atoms with Crippen LogP contribution in [0.15, 0.2) is 0 Å². The molecular formula is C3H15Ca3O3P. The van der Waals surface area contributed by atoms with E-state index >= 15 is 0 Å². The summed E-state index contributed by atoms with van der Waals surface area (Å²) in [7, 11) is -3.67. The third-order valence-corrected chi connectivity index (χ3v) is 1.54. The van der Waals surface area contributed by atoms with Gasteiger partial charge in [0.2, 0.25) is 0 Å². The predicted octanol–water partition coefficient (Wildman–Crippen LogP) is -2.17. The van der Waals surface area contributed by atoms with E-state index in [2.05, 4.69) is 0 Å². The van der Waals surface area contributed by atoms with E-state index in [1.165, 1.54) is 0 Å². The molecule has 0 aliphatic heterocycles. The first-order chi connectivity index (χ1) is 3.06. The fourth-order valence-electron chi connectivity index (χ4n) is 0.291. The molecule has 0 fully saturated rings. The van der Waals surface area contributed by atoms with Gasteiger partial charge < -0.3 is 9.79 Å². The maximum absolute atomic E-state index is 9.93. The van der Waals surface area contributed by atoms with Crippen molar-refractivity contribution in [3.63, 3.8) is 0 Å². The Balaban J connectivity index is -0.0000000600. The molecule has 0 unspecified atom stereocenters. The summed E-state index contributed by atoms with van der Waals surface area (Å²) in [5.41, 5.74) is 0. The van der Waals surface area contributed by atoms with Crippen molar-refractivity contribution in [2.75, 3.05) is 6.16 Å². The van der Waals surface area contributed by atoms with Gasteiger partial charge >= 0.3 is 121 Å². The van der Waals surface area contributed by atoms with Crippen LogP contribution in [0.4, 0.5) is 0 Å². The molecule has 3 nitrogen and oxygen atoms in total. The van der Waals surface area contributed by atoms with Crippen molar-refractivity contribution in [3.05, 3.63) is 0 Å². The Labute approximate surface area is 151 Å². The van der Waals surface area contributed by atoms with Gasteiger partial charge in [-0.05, 0) is 6.42 Å². The third-order valence-electron chi connectivity index (χ3n) is 0.515. The van der Waals surface area contributed by atoms with E-state index in [-0.39, 0.29) is 119 Å². The van der Waals surface area contributed by atoms with Crippen molar-refractivity contribution in [2.24, 2.45) is 0 Å². The van der Waals surface area contributed by atoms with Crippen molar-refractivity contribution in [1.82, 2.24) is 0 Å². The van der Waals surface area contributed by atoms with Gasteiger partial charge in [-0.3, -0.25) is 4.57 Å². The molecule has 0 aromatic rings. The molecule has 0 atom stereocenters. The average Bonchev–Trinajstić information content (AvgIpc) is 1.30. The Morgan fingerprint density at radius 3 is 1.50 bits per heavy atom. The summed E-state index contributed by atoms with van der Waals surface area (Å²) < 4.78 is 9.93. The van der Waals surface area contributed by atoms with Crippen molar-refractivity contribution in [2.45, 2.75) is 13.3 Å². The number of hydrogen-bond donors (Lipinski definition) is 2. The molecule has 0 spiro atoms. The Morgan fingerprint density at radius 1 is 1.20 bits per heavy atom. The van der Waals surface area contributed by atoms with Crippen molar-refractivity contribution >= 4 is 121 Å². The molecule has 0 heterocycles. The molecule has 10 heavy (non-hydrogen) atoms. The first-order valence-electron chi connectivity index (χ1n) is 2.11. The Kier molecular flexibility index (Phi) is 30.5. The van der Waals surface area contributed by atoms with Crippen LogP contribution in [0.1, 0.15) is 13.3 Å². The van der Waals surface area contributed by atoms with E-state index < -0.39 is 7.60 Å². The van der Waals surface area contributed by atoms with Gasteiger partial charge in [-0.1, -0.05) is 6.92 Å². The van der Waals surface area contributed by atoms with Gasteiger partial charge in [-0.25, -0.2) is 0 Å². The van der Waals surface area contributed by atoms with E-state index in [0.717, 1.165) is 0 Å². The van der Waals surface area contributed by atoms with Crippen LogP contribution in [-0.4, -0.2) is 129 Å². The molecule has 56 valence electrons. The molecule has 0 aromatic heterocycles. The Hall–Kier alpha value is 3.93. The van der Waals surface area contributed by atoms with Crippen LogP contribution in [0, 0.1) is 0 Å². The molecule has 0 aliphatic carbocycles. The van der Waals surface area contributed by atoms with Crippen molar-refractivity contribution in [1.29, 1.82) is 0 Å². The predicted molar refractivity (Wildman–Crippen MR) is 52.8 cm³/mol. The van der Waals surface area contributed by atoms with E-state index in [0.29, 0.717) is 6.42 Å². The summed E-state index contributed by atoms with van der Waals surface area (Å²) in [5.74, 6) is 0. The monoisotopic (exact) mass is 250 g/mol. The molecule has 0 saturated carbocycles. The zero-order valence-corrected chi connectivity index (χ0v) is 5.06. The van der Waals surface area contributed by atoms with E-state index in [1.807, 2.05) is 0 Å². The number of rotatable bonds is 2. The molecule has 2 N–H and O–H groups in total. The molecule has 0 rings (SSSR count). The van der Waals surface area contributed by atoms with Gasteiger partial charge in [0.1, 0.15) is 0 Å². The normalized spacial score (nSPS) is 8.30. The van der Waals surface area contributed by atoms with E-state index in [1.54, 1.807) is 6.92 Å². The van der Waals surface area contributed by atoms with Gasteiger partial charge in [0.05, 0.1) is 0 Å². The molecule has 0 saturated heterocycles. The molecule has 0 amide bonds. The van der Waals surface area contributed by atoms with Crippen LogP contribution in [0.3, 0.4) is 0 Å². The fraction of sp³-hybridized carbons (Fsp3) is 1.00. The second kappa shape index (κ2) is 12.9. The summed E-state index contributed by atoms with van der Waals surface area (Å²) in [6.07, 6.45) is 0.553. The Bertz CT molecular complexity index is 93.0. The first-order valence-corrected chi connectivity index (χ1v) is 3.90. The fourth-order valence-corrected chi connectivity index (χ4v) is 0.874. The van der Waals surface area contributed by atoms with Gasteiger partial charge in [-0.15, -0.1) is 0 Å². The van der Waals surface area contributed by atoms with Crippen LogP contribution < -0.4 is 0 Å². The number of hydrogen-bond acceptors (Lipinski definition) is 1. The molecule has 7 heteroatoms. The summed E-state index contributed by atoms with van der Waals surface area (Å²) in [4.78, 5) is 16.3. The minimum atomic E-state index is -3.67. The zero-order chi connectivity index (χ0) is 5.91. The van der Waals surface area contributed by atoms with Crippen LogP contribution in [0.25, 0.3) is 0 Å². The maximum atomic E-state index is 9.93. The van der Waals surface area contributed by atoms with Crippen LogP contribution >= 0.6 is 7.60 Å². The molecular weight excluding hydrogens is 235 g/mol. The van der Waals surface area contributed by atoms with Crippen LogP contribution in [0.5, 0.6) is 0 Å². The summed E-state index contributed by atoms with van der Waals surface area (Å²) in [5, 5.41) is 0. The van der Waals surface area contributed by atoms with Crippen LogP contribution in [-0.2, 0) is 4.57 Å². The SMILES string of the molecule is CCCP(=O)(O)O.[CaH2].[CaH2].[CaH2]. The minimum absolute atomic E-state index is 0. The zero-order valence-electron chi connectivity index (χ0n) is 4.16. The molecule has 0 radical (unpaired) electrons. The quantitative estimate of drug-likeness (QED) is 0.433. The standard InChI is InChI=1S/C3H9O3P.3Ca.6H/c1-2-3-7(4,5)6;;;;;;;;;/h2-3H2,1H3,(H2,4,5,6);;;;;;;;;. The average molecular weight is 250 g/mol. The van der Waals surface area contributed by atoms with Gasteiger partial charge in [0.15, 0.2) is 0 Å². The summed E-state index contributed by atoms with van der Waals surface area (Å²) in [6, 6.07) is 0. The van der Waals surface area contributed by atoms with Gasteiger partial charge in [-0.2, -0.15) is 0 Å². The van der Waals surface area contributed by atoms with E-state index in [9.17, 15) is 4.57 Å². The molecule has 0 bridgehead atoms. The van der Waals surface area contributed by atoms with Gasteiger partial charge in [0, 0.05) is 6.16 Å². The molecule has 0 aliphatic rings. The summed E-state index contributed by atoms with van der Waals surface area (Å²) >= 11 is 0. The molecule has 0 aromatic carbocycles.